The molecular weight excluding hydrogens is 182 g/mol. The predicted molar refractivity (Wildman–Crippen MR) is 48.4 cm³/mol. The molecule has 4 heteroatoms. The molecule has 1 rings (SSSR count). The Labute approximate surface area is 81.4 Å². The molecule has 0 saturated heterocycles. The maximum absolute atomic E-state index is 10.1. The molecule has 1 aromatic carbocycles. The molecule has 0 saturated carbocycles. The van der Waals surface area contributed by atoms with Gasteiger partial charge < -0.3 is 9.84 Å². The molecule has 0 aromatic heterocycles. The second kappa shape index (κ2) is 5.00. The van der Waals surface area contributed by atoms with Crippen LogP contribution in [-0.2, 0) is 16.1 Å². The SMILES string of the molecule is N#Cc1ccc(COCC(=O)O)cc1. The molecule has 72 valence electrons. The summed E-state index contributed by atoms with van der Waals surface area (Å²) in [5.74, 6) is -0.987. The van der Waals surface area contributed by atoms with Crippen LogP contribution in [0.1, 0.15) is 11.1 Å². The van der Waals surface area contributed by atoms with Crippen molar-refractivity contribution in [2.75, 3.05) is 6.61 Å². The van der Waals surface area contributed by atoms with Crippen molar-refractivity contribution in [1.82, 2.24) is 0 Å². The van der Waals surface area contributed by atoms with Crippen LogP contribution in [0.3, 0.4) is 0 Å². The van der Waals surface area contributed by atoms with Crippen molar-refractivity contribution in [3.63, 3.8) is 0 Å². The van der Waals surface area contributed by atoms with Gasteiger partial charge in [0.15, 0.2) is 0 Å². The highest BCUT2D eigenvalue weighted by Gasteiger charge is 1.97. The molecule has 0 aliphatic heterocycles. The number of benzene rings is 1. The third kappa shape index (κ3) is 3.25. The summed E-state index contributed by atoms with van der Waals surface area (Å²) in [6, 6.07) is 8.80. The molecule has 14 heavy (non-hydrogen) atoms. The van der Waals surface area contributed by atoms with Crippen molar-refractivity contribution < 1.29 is 14.6 Å². The van der Waals surface area contributed by atoms with Gasteiger partial charge in [-0.25, -0.2) is 4.79 Å². The van der Waals surface area contributed by atoms with E-state index in [1.807, 2.05) is 6.07 Å². The van der Waals surface area contributed by atoms with E-state index in [9.17, 15) is 4.79 Å². The van der Waals surface area contributed by atoms with Gasteiger partial charge in [0.25, 0.3) is 0 Å². The first kappa shape index (κ1) is 10.2. The molecule has 0 spiro atoms. The van der Waals surface area contributed by atoms with Crippen molar-refractivity contribution in [3.05, 3.63) is 35.4 Å². The molecule has 0 amide bonds. The standard InChI is InChI=1S/C10H9NO3/c11-5-8-1-3-9(4-2-8)6-14-7-10(12)13/h1-4H,6-7H2,(H,12,13). The lowest BCUT2D eigenvalue weighted by Gasteiger charge is -2.00. The number of rotatable bonds is 4. The summed E-state index contributed by atoms with van der Waals surface area (Å²) in [5.41, 5.74) is 1.43. The van der Waals surface area contributed by atoms with E-state index in [0.717, 1.165) is 5.56 Å². The fourth-order valence-electron chi connectivity index (χ4n) is 0.932. The van der Waals surface area contributed by atoms with Crippen molar-refractivity contribution >= 4 is 5.97 Å². The zero-order valence-electron chi connectivity index (χ0n) is 7.43. The molecule has 0 radical (unpaired) electrons. The molecule has 1 aromatic rings. The lowest BCUT2D eigenvalue weighted by Crippen LogP contribution is -2.06. The minimum Gasteiger partial charge on any atom is -0.480 e. The van der Waals surface area contributed by atoms with Crippen LogP contribution in [0.25, 0.3) is 0 Å². The molecule has 0 heterocycles. The number of carbonyl (C=O) groups is 1. The average molecular weight is 191 g/mol. The highest BCUT2D eigenvalue weighted by Crippen LogP contribution is 2.04. The van der Waals surface area contributed by atoms with Gasteiger partial charge in [0.2, 0.25) is 0 Å². The van der Waals surface area contributed by atoms with Crippen LogP contribution in [-0.4, -0.2) is 17.7 Å². The van der Waals surface area contributed by atoms with E-state index in [0.29, 0.717) is 5.56 Å². The maximum atomic E-state index is 10.1. The Balaban J connectivity index is 2.45. The number of hydrogen-bond donors (Lipinski definition) is 1. The highest BCUT2D eigenvalue weighted by atomic mass is 16.5. The van der Waals surface area contributed by atoms with Crippen molar-refractivity contribution in [2.24, 2.45) is 0 Å². The molecule has 0 bridgehead atoms. The monoisotopic (exact) mass is 191 g/mol. The maximum Gasteiger partial charge on any atom is 0.329 e. The van der Waals surface area contributed by atoms with Crippen LogP contribution in [0.4, 0.5) is 0 Å². The van der Waals surface area contributed by atoms with Gasteiger partial charge in [-0.3, -0.25) is 0 Å². The third-order valence-electron chi connectivity index (χ3n) is 1.58. The fraction of sp³-hybridized carbons (Fsp3) is 0.200. The van der Waals surface area contributed by atoms with E-state index in [4.69, 9.17) is 15.1 Å². The van der Waals surface area contributed by atoms with E-state index in [2.05, 4.69) is 0 Å². The molecule has 0 fully saturated rings. The molecular formula is C10H9NO3. The lowest BCUT2D eigenvalue weighted by molar-refractivity contribution is -0.142. The fourth-order valence-corrected chi connectivity index (χ4v) is 0.932. The number of aliphatic carboxylic acids is 1. The van der Waals surface area contributed by atoms with Gasteiger partial charge in [-0.05, 0) is 17.7 Å². The summed E-state index contributed by atoms with van der Waals surface area (Å²) < 4.78 is 4.87. The van der Waals surface area contributed by atoms with Gasteiger partial charge in [-0.15, -0.1) is 0 Å². The number of nitriles is 1. The van der Waals surface area contributed by atoms with E-state index in [1.54, 1.807) is 24.3 Å². The van der Waals surface area contributed by atoms with Crippen LogP contribution in [0, 0.1) is 11.3 Å². The molecule has 4 nitrogen and oxygen atoms in total. The first-order valence-corrected chi connectivity index (χ1v) is 4.01. The average Bonchev–Trinajstić information content (AvgIpc) is 2.18. The van der Waals surface area contributed by atoms with Crippen molar-refractivity contribution in [2.45, 2.75) is 6.61 Å². The van der Waals surface area contributed by atoms with Crippen LogP contribution < -0.4 is 0 Å². The summed E-state index contributed by atoms with van der Waals surface area (Å²) in [6.07, 6.45) is 0. The first-order valence-electron chi connectivity index (χ1n) is 4.01. The van der Waals surface area contributed by atoms with Crippen LogP contribution in [0.5, 0.6) is 0 Å². The number of carboxylic acid groups (broad SMARTS) is 1. The number of nitrogens with zero attached hydrogens (tertiary/aromatic N) is 1. The lowest BCUT2D eigenvalue weighted by atomic mass is 10.2. The predicted octanol–water partition coefficient (Wildman–Crippen LogP) is 1.16. The Morgan fingerprint density at radius 2 is 2.07 bits per heavy atom. The summed E-state index contributed by atoms with van der Waals surface area (Å²) >= 11 is 0. The molecule has 0 aliphatic rings. The van der Waals surface area contributed by atoms with Gasteiger partial charge in [0, 0.05) is 0 Å². The van der Waals surface area contributed by atoms with E-state index in [1.165, 1.54) is 0 Å². The topological polar surface area (TPSA) is 70.3 Å². The largest absolute Gasteiger partial charge is 0.480 e. The quantitative estimate of drug-likeness (QED) is 0.775. The van der Waals surface area contributed by atoms with Gasteiger partial charge >= 0.3 is 5.97 Å². The second-order valence-corrected chi connectivity index (χ2v) is 2.70. The summed E-state index contributed by atoms with van der Waals surface area (Å²) in [4.78, 5) is 10.1. The Morgan fingerprint density at radius 3 is 2.57 bits per heavy atom. The van der Waals surface area contributed by atoms with Crippen LogP contribution in [0.2, 0.25) is 0 Å². The normalized spacial score (nSPS) is 9.36. The molecule has 1 N–H and O–H groups in total. The molecule has 0 aliphatic carbocycles. The van der Waals surface area contributed by atoms with Crippen molar-refractivity contribution in [1.29, 1.82) is 5.26 Å². The first-order chi connectivity index (χ1) is 6.72. The third-order valence-corrected chi connectivity index (χ3v) is 1.58. The van der Waals surface area contributed by atoms with Gasteiger partial charge in [-0.2, -0.15) is 5.26 Å². The summed E-state index contributed by atoms with van der Waals surface area (Å²) in [5, 5.41) is 16.8. The zero-order chi connectivity index (χ0) is 10.4. The Kier molecular flexibility index (Phi) is 3.65. The smallest absolute Gasteiger partial charge is 0.329 e. The second-order valence-electron chi connectivity index (χ2n) is 2.70. The number of hydrogen-bond acceptors (Lipinski definition) is 3. The Bertz CT molecular complexity index is 351. The van der Waals surface area contributed by atoms with E-state index >= 15 is 0 Å². The van der Waals surface area contributed by atoms with Gasteiger partial charge in [-0.1, -0.05) is 12.1 Å². The highest BCUT2D eigenvalue weighted by molar-refractivity contribution is 5.67. The van der Waals surface area contributed by atoms with Crippen LogP contribution in [0.15, 0.2) is 24.3 Å². The Morgan fingerprint density at radius 1 is 1.43 bits per heavy atom. The summed E-state index contributed by atoms with van der Waals surface area (Å²) in [6.45, 7) is -0.0575. The summed E-state index contributed by atoms with van der Waals surface area (Å²) in [7, 11) is 0. The van der Waals surface area contributed by atoms with E-state index in [-0.39, 0.29) is 13.2 Å². The Hall–Kier alpha value is -1.86. The van der Waals surface area contributed by atoms with Gasteiger partial charge in [0.05, 0.1) is 18.2 Å². The van der Waals surface area contributed by atoms with E-state index < -0.39 is 5.97 Å². The minimum absolute atomic E-state index is 0.248. The van der Waals surface area contributed by atoms with Gasteiger partial charge in [0.1, 0.15) is 6.61 Å². The van der Waals surface area contributed by atoms with Crippen molar-refractivity contribution in [3.8, 4) is 6.07 Å². The minimum atomic E-state index is -0.987. The zero-order valence-corrected chi connectivity index (χ0v) is 7.43. The number of carboxylic acids is 1. The molecule has 0 atom stereocenters. The van der Waals surface area contributed by atoms with Crippen LogP contribution >= 0.6 is 0 Å². The number of ether oxygens (including phenoxy) is 1. The molecule has 0 unspecified atom stereocenters.